The topological polar surface area (TPSA) is 51.2 Å². The molecule has 3 aromatic rings. The number of ether oxygens (including phenoxy) is 1. The Hall–Kier alpha value is -2.85. The second-order valence-electron chi connectivity index (χ2n) is 5.80. The summed E-state index contributed by atoms with van der Waals surface area (Å²) in [6, 6.07) is 18.1. The molecule has 0 saturated heterocycles. The first-order chi connectivity index (χ1) is 12.6. The van der Waals surface area contributed by atoms with Crippen LogP contribution in [0, 0.1) is 6.92 Å². The molecule has 1 N–H and O–H groups in total. The molecular formula is C21H19ClN2O2. The molecule has 5 heteroatoms. The van der Waals surface area contributed by atoms with E-state index >= 15 is 0 Å². The first kappa shape index (κ1) is 18.0. The summed E-state index contributed by atoms with van der Waals surface area (Å²) in [5.74, 6) is 1.04. The fourth-order valence-corrected chi connectivity index (χ4v) is 2.68. The smallest absolute Gasteiger partial charge is 0.257 e. The van der Waals surface area contributed by atoms with E-state index in [4.69, 9.17) is 16.3 Å². The molecule has 1 aromatic heterocycles. The van der Waals surface area contributed by atoms with Gasteiger partial charge >= 0.3 is 0 Å². The van der Waals surface area contributed by atoms with Crippen LogP contribution in [-0.4, -0.2) is 10.9 Å². The van der Waals surface area contributed by atoms with Gasteiger partial charge in [0.2, 0.25) is 0 Å². The third-order valence-electron chi connectivity index (χ3n) is 3.93. The van der Waals surface area contributed by atoms with E-state index in [2.05, 4.69) is 10.3 Å². The summed E-state index contributed by atoms with van der Waals surface area (Å²) in [5, 5.41) is 3.42. The van der Waals surface area contributed by atoms with E-state index in [1.807, 2.05) is 38.1 Å². The van der Waals surface area contributed by atoms with Crippen LogP contribution in [0.15, 0.2) is 60.7 Å². The van der Waals surface area contributed by atoms with Crippen LogP contribution >= 0.6 is 11.6 Å². The van der Waals surface area contributed by atoms with Crippen molar-refractivity contribution >= 4 is 23.2 Å². The molecule has 0 aliphatic heterocycles. The number of para-hydroxylation sites is 1. The van der Waals surface area contributed by atoms with Crippen LogP contribution < -0.4 is 10.1 Å². The normalized spacial score (nSPS) is 10.4. The first-order valence-corrected chi connectivity index (χ1v) is 8.75. The zero-order valence-electron chi connectivity index (χ0n) is 14.6. The van der Waals surface area contributed by atoms with Crippen molar-refractivity contribution < 1.29 is 9.53 Å². The van der Waals surface area contributed by atoms with E-state index in [-0.39, 0.29) is 5.91 Å². The highest BCUT2D eigenvalue weighted by Crippen LogP contribution is 2.29. The largest absolute Gasteiger partial charge is 0.456 e. The highest BCUT2D eigenvalue weighted by molar-refractivity contribution is 6.32. The number of rotatable bonds is 5. The number of benzene rings is 2. The van der Waals surface area contributed by atoms with Gasteiger partial charge in [-0.25, -0.2) is 0 Å². The minimum absolute atomic E-state index is 0.183. The van der Waals surface area contributed by atoms with E-state index in [0.29, 0.717) is 27.8 Å². The van der Waals surface area contributed by atoms with Crippen molar-refractivity contribution in [2.75, 3.05) is 5.32 Å². The van der Waals surface area contributed by atoms with Crippen molar-refractivity contribution in [1.29, 1.82) is 0 Å². The van der Waals surface area contributed by atoms with Crippen LogP contribution in [0.4, 0.5) is 5.69 Å². The van der Waals surface area contributed by atoms with Crippen molar-refractivity contribution in [3.63, 3.8) is 0 Å². The Balaban J connectivity index is 1.69. The van der Waals surface area contributed by atoms with Gasteiger partial charge in [0.15, 0.2) is 0 Å². The zero-order valence-corrected chi connectivity index (χ0v) is 15.4. The maximum atomic E-state index is 12.5. The molecule has 0 saturated carbocycles. The van der Waals surface area contributed by atoms with Crippen LogP contribution in [0.25, 0.3) is 0 Å². The molecular weight excluding hydrogens is 348 g/mol. The van der Waals surface area contributed by atoms with Crippen LogP contribution in [0.2, 0.25) is 5.02 Å². The summed E-state index contributed by atoms with van der Waals surface area (Å²) < 4.78 is 5.74. The molecule has 0 aliphatic carbocycles. The van der Waals surface area contributed by atoms with Crippen molar-refractivity contribution in [2.24, 2.45) is 0 Å². The second-order valence-corrected chi connectivity index (χ2v) is 6.21. The predicted molar refractivity (Wildman–Crippen MR) is 104 cm³/mol. The fraction of sp³-hybridized carbons (Fsp3) is 0.143. The zero-order chi connectivity index (χ0) is 18.5. The summed E-state index contributed by atoms with van der Waals surface area (Å²) in [5.41, 5.74) is 2.94. The Morgan fingerprint density at radius 3 is 2.46 bits per heavy atom. The van der Waals surface area contributed by atoms with Crippen LogP contribution in [0.5, 0.6) is 11.5 Å². The molecule has 0 spiro atoms. The lowest BCUT2D eigenvalue weighted by Gasteiger charge is -2.10. The number of nitrogens with zero attached hydrogens (tertiary/aromatic N) is 1. The van der Waals surface area contributed by atoms with Gasteiger partial charge in [-0.2, -0.15) is 0 Å². The molecule has 2 aromatic carbocycles. The summed E-state index contributed by atoms with van der Waals surface area (Å²) in [4.78, 5) is 16.9. The molecule has 4 nitrogen and oxygen atoms in total. The minimum atomic E-state index is -0.183. The Kier molecular flexibility index (Phi) is 5.54. The standard InChI is InChI=1S/C21H19ClN2O2/c1-3-15-10-13-18(14(2)23-15)21(25)24-16-8-11-17(12-9-16)26-20-7-5-4-6-19(20)22/h4-13H,3H2,1-2H3,(H,24,25). The summed E-state index contributed by atoms with van der Waals surface area (Å²) >= 11 is 6.09. The van der Waals surface area contributed by atoms with Gasteiger partial charge in [0.05, 0.1) is 16.3 Å². The number of aromatic nitrogens is 1. The molecule has 132 valence electrons. The number of halogens is 1. The maximum Gasteiger partial charge on any atom is 0.257 e. The minimum Gasteiger partial charge on any atom is -0.456 e. The second kappa shape index (κ2) is 8.02. The first-order valence-electron chi connectivity index (χ1n) is 8.37. The van der Waals surface area contributed by atoms with Gasteiger partial charge in [-0.3, -0.25) is 9.78 Å². The van der Waals surface area contributed by atoms with E-state index in [9.17, 15) is 4.79 Å². The van der Waals surface area contributed by atoms with Gasteiger partial charge in [-0.15, -0.1) is 0 Å². The third kappa shape index (κ3) is 4.21. The van der Waals surface area contributed by atoms with Gasteiger partial charge < -0.3 is 10.1 Å². The van der Waals surface area contributed by atoms with E-state index < -0.39 is 0 Å². The Labute approximate surface area is 157 Å². The molecule has 1 heterocycles. The predicted octanol–water partition coefficient (Wildman–Crippen LogP) is 5.65. The van der Waals surface area contributed by atoms with Crippen LogP contribution in [0.1, 0.15) is 28.7 Å². The molecule has 0 radical (unpaired) electrons. The van der Waals surface area contributed by atoms with Crippen molar-refractivity contribution in [2.45, 2.75) is 20.3 Å². The van der Waals surface area contributed by atoms with E-state index in [0.717, 1.165) is 17.8 Å². The van der Waals surface area contributed by atoms with Crippen molar-refractivity contribution in [1.82, 2.24) is 4.98 Å². The average molecular weight is 367 g/mol. The van der Waals surface area contributed by atoms with Crippen LogP contribution in [0.3, 0.4) is 0 Å². The third-order valence-corrected chi connectivity index (χ3v) is 4.24. The quantitative estimate of drug-likeness (QED) is 0.634. The Morgan fingerprint density at radius 1 is 1.08 bits per heavy atom. The Morgan fingerprint density at radius 2 is 1.81 bits per heavy atom. The van der Waals surface area contributed by atoms with Crippen molar-refractivity contribution in [3.05, 3.63) is 82.6 Å². The summed E-state index contributed by atoms with van der Waals surface area (Å²) in [7, 11) is 0. The number of anilines is 1. The van der Waals surface area contributed by atoms with Crippen LogP contribution in [-0.2, 0) is 6.42 Å². The molecule has 0 bridgehead atoms. The number of carbonyl (C=O) groups excluding carboxylic acids is 1. The maximum absolute atomic E-state index is 12.5. The number of hydrogen-bond acceptors (Lipinski definition) is 3. The van der Waals surface area contributed by atoms with Crippen molar-refractivity contribution in [3.8, 4) is 11.5 Å². The lowest BCUT2D eigenvalue weighted by molar-refractivity contribution is 0.102. The van der Waals surface area contributed by atoms with Gasteiger partial charge in [0, 0.05) is 11.4 Å². The summed E-state index contributed by atoms with van der Waals surface area (Å²) in [6.07, 6.45) is 0.843. The van der Waals surface area contributed by atoms with Gasteiger partial charge in [0.25, 0.3) is 5.91 Å². The number of amides is 1. The number of nitrogens with one attached hydrogen (secondary N) is 1. The highest BCUT2D eigenvalue weighted by atomic mass is 35.5. The fourth-order valence-electron chi connectivity index (χ4n) is 2.51. The van der Waals surface area contributed by atoms with Gasteiger partial charge in [0.1, 0.15) is 11.5 Å². The number of aryl methyl sites for hydroxylation is 2. The monoisotopic (exact) mass is 366 g/mol. The average Bonchev–Trinajstić information content (AvgIpc) is 2.65. The van der Waals surface area contributed by atoms with E-state index in [1.54, 1.807) is 36.4 Å². The Bertz CT molecular complexity index is 924. The number of carbonyl (C=O) groups is 1. The molecule has 1 amide bonds. The molecule has 3 rings (SSSR count). The summed E-state index contributed by atoms with van der Waals surface area (Å²) in [6.45, 7) is 3.88. The molecule has 0 aliphatic rings. The molecule has 0 atom stereocenters. The highest BCUT2D eigenvalue weighted by Gasteiger charge is 2.11. The lowest BCUT2D eigenvalue weighted by atomic mass is 10.1. The number of hydrogen-bond donors (Lipinski definition) is 1. The van der Waals surface area contributed by atoms with Gasteiger partial charge in [-0.1, -0.05) is 30.7 Å². The van der Waals surface area contributed by atoms with Gasteiger partial charge in [-0.05, 0) is 61.9 Å². The SMILES string of the molecule is CCc1ccc(C(=O)Nc2ccc(Oc3ccccc3Cl)cc2)c(C)n1. The number of pyridine rings is 1. The molecule has 0 unspecified atom stereocenters. The lowest BCUT2D eigenvalue weighted by Crippen LogP contribution is -2.14. The molecule has 26 heavy (non-hydrogen) atoms. The molecule has 0 fully saturated rings. The van der Waals surface area contributed by atoms with E-state index in [1.165, 1.54) is 0 Å².